The van der Waals surface area contributed by atoms with Crippen molar-refractivity contribution < 1.29 is 13.6 Å². The number of rotatable bonds is 2. The zero-order valence-electron chi connectivity index (χ0n) is 8.82. The maximum Gasteiger partial charge on any atom is 0.277 e. The highest BCUT2D eigenvalue weighted by Crippen LogP contribution is 2.17. The number of halogens is 3. The number of hydrogen-bond donors (Lipinski definition) is 1. The van der Waals surface area contributed by atoms with Crippen molar-refractivity contribution in [3.63, 3.8) is 0 Å². The highest BCUT2D eigenvalue weighted by Gasteiger charge is 2.14. The monoisotopic (exact) mass is 269 g/mol. The van der Waals surface area contributed by atoms with Crippen LogP contribution in [0.15, 0.2) is 30.6 Å². The molecule has 0 radical (unpaired) electrons. The normalized spacial score (nSPS) is 10.2. The fourth-order valence-corrected chi connectivity index (χ4v) is 1.44. The minimum atomic E-state index is -0.886. The number of anilines is 1. The lowest BCUT2D eigenvalue weighted by molar-refractivity contribution is 0.102. The number of nitrogens with one attached hydrogen (secondary N) is 1. The molecule has 2 aromatic rings. The van der Waals surface area contributed by atoms with Crippen LogP contribution in [-0.2, 0) is 0 Å². The van der Waals surface area contributed by atoms with E-state index in [2.05, 4.69) is 15.3 Å². The first kappa shape index (κ1) is 12.4. The third kappa shape index (κ3) is 2.60. The van der Waals surface area contributed by atoms with Gasteiger partial charge in [-0.15, -0.1) is 0 Å². The van der Waals surface area contributed by atoms with Crippen LogP contribution >= 0.6 is 11.6 Å². The van der Waals surface area contributed by atoms with Gasteiger partial charge in [0, 0.05) is 18.5 Å². The molecule has 0 atom stereocenters. The van der Waals surface area contributed by atoms with Crippen molar-refractivity contribution in [3.8, 4) is 0 Å². The Bertz CT molecular complexity index is 607. The lowest BCUT2D eigenvalue weighted by Crippen LogP contribution is -2.15. The average molecular weight is 270 g/mol. The summed E-state index contributed by atoms with van der Waals surface area (Å²) in [7, 11) is 0. The summed E-state index contributed by atoms with van der Waals surface area (Å²) in [6, 6.07) is 2.79. The van der Waals surface area contributed by atoms with E-state index in [-0.39, 0.29) is 16.5 Å². The Kier molecular flexibility index (Phi) is 3.47. The molecule has 0 aliphatic rings. The third-order valence-corrected chi connectivity index (χ3v) is 2.32. The van der Waals surface area contributed by atoms with Gasteiger partial charge in [0.15, 0.2) is 10.8 Å². The van der Waals surface area contributed by atoms with Gasteiger partial charge in [-0.2, -0.15) is 0 Å². The van der Waals surface area contributed by atoms with E-state index in [9.17, 15) is 13.6 Å². The Labute approximate surface area is 106 Å². The van der Waals surface area contributed by atoms with Crippen molar-refractivity contribution in [2.45, 2.75) is 0 Å². The quantitative estimate of drug-likeness (QED) is 0.912. The summed E-state index contributed by atoms with van der Waals surface area (Å²) in [6.07, 6.45) is 2.60. The van der Waals surface area contributed by atoms with E-state index in [4.69, 9.17) is 11.6 Å². The van der Waals surface area contributed by atoms with Gasteiger partial charge in [0.2, 0.25) is 0 Å². The summed E-state index contributed by atoms with van der Waals surface area (Å²) in [6.45, 7) is 0. The maximum atomic E-state index is 13.3. The number of aromatic nitrogens is 2. The second-order valence-corrected chi connectivity index (χ2v) is 3.63. The number of hydrogen-bond acceptors (Lipinski definition) is 3. The van der Waals surface area contributed by atoms with E-state index in [1.807, 2.05) is 0 Å². The van der Waals surface area contributed by atoms with Gasteiger partial charge in [0.25, 0.3) is 5.91 Å². The SMILES string of the molecule is O=C(Nc1ccc(F)cc1F)c1nccnc1Cl. The van der Waals surface area contributed by atoms with Crippen LogP contribution in [-0.4, -0.2) is 15.9 Å². The van der Waals surface area contributed by atoms with Crippen LogP contribution in [0.5, 0.6) is 0 Å². The van der Waals surface area contributed by atoms with Crippen LogP contribution in [0.1, 0.15) is 10.5 Å². The standard InChI is InChI=1S/C11H6ClF2N3O/c12-10-9(15-3-4-16-10)11(18)17-8-2-1-6(13)5-7(8)14/h1-5H,(H,17,18). The molecule has 0 bridgehead atoms. The molecule has 7 heteroatoms. The van der Waals surface area contributed by atoms with Crippen molar-refractivity contribution in [3.05, 3.63) is 53.1 Å². The predicted molar refractivity (Wildman–Crippen MR) is 61.4 cm³/mol. The number of amides is 1. The topological polar surface area (TPSA) is 54.9 Å². The molecule has 0 saturated carbocycles. The lowest BCUT2D eigenvalue weighted by Gasteiger charge is -2.06. The van der Waals surface area contributed by atoms with Gasteiger partial charge in [-0.3, -0.25) is 4.79 Å². The molecule has 0 fully saturated rings. The molecular weight excluding hydrogens is 264 g/mol. The molecule has 1 aromatic heterocycles. The molecule has 1 aromatic carbocycles. The summed E-state index contributed by atoms with van der Waals surface area (Å²) in [5, 5.41) is 2.13. The summed E-state index contributed by atoms with van der Waals surface area (Å²) >= 11 is 5.66. The van der Waals surface area contributed by atoms with Crippen molar-refractivity contribution in [1.29, 1.82) is 0 Å². The Morgan fingerprint density at radius 1 is 1.22 bits per heavy atom. The number of benzene rings is 1. The van der Waals surface area contributed by atoms with Crippen LogP contribution in [0.3, 0.4) is 0 Å². The average Bonchev–Trinajstić information content (AvgIpc) is 2.33. The summed E-state index contributed by atoms with van der Waals surface area (Å²) in [5.74, 6) is -2.34. The molecule has 4 nitrogen and oxygen atoms in total. The van der Waals surface area contributed by atoms with Gasteiger partial charge in [-0.1, -0.05) is 11.6 Å². The Balaban J connectivity index is 2.24. The van der Waals surface area contributed by atoms with Gasteiger partial charge in [-0.25, -0.2) is 18.7 Å². The molecule has 0 aliphatic heterocycles. The maximum absolute atomic E-state index is 13.3. The van der Waals surface area contributed by atoms with E-state index in [0.717, 1.165) is 12.1 Å². The summed E-state index contributed by atoms with van der Waals surface area (Å²) in [5.41, 5.74) is -0.300. The third-order valence-electron chi connectivity index (χ3n) is 2.05. The van der Waals surface area contributed by atoms with E-state index in [1.165, 1.54) is 12.4 Å². The fourth-order valence-electron chi connectivity index (χ4n) is 1.25. The Morgan fingerprint density at radius 2 is 1.94 bits per heavy atom. The van der Waals surface area contributed by atoms with Crippen LogP contribution < -0.4 is 5.32 Å². The first-order valence-electron chi connectivity index (χ1n) is 4.81. The molecule has 18 heavy (non-hydrogen) atoms. The molecule has 0 aliphatic carbocycles. The van der Waals surface area contributed by atoms with Gasteiger partial charge in [0.05, 0.1) is 5.69 Å². The smallest absolute Gasteiger partial charge is 0.277 e. The number of nitrogens with zero attached hydrogens (tertiary/aromatic N) is 2. The summed E-state index contributed by atoms with van der Waals surface area (Å²) < 4.78 is 26.0. The molecule has 1 N–H and O–H groups in total. The van der Waals surface area contributed by atoms with Crippen LogP contribution in [0.4, 0.5) is 14.5 Å². The largest absolute Gasteiger partial charge is 0.318 e. The number of carbonyl (C=O) groups is 1. The van der Waals surface area contributed by atoms with Crippen molar-refractivity contribution >= 4 is 23.2 Å². The molecular formula is C11H6ClF2N3O. The van der Waals surface area contributed by atoms with E-state index in [1.54, 1.807) is 0 Å². The molecule has 1 heterocycles. The van der Waals surface area contributed by atoms with Crippen LogP contribution in [0.2, 0.25) is 5.15 Å². The zero-order valence-corrected chi connectivity index (χ0v) is 9.58. The lowest BCUT2D eigenvalue weighted by atomic mass is 10.3. The van der Waals surface area contributed by atoms with E-state index < -0.39 is 17.5 Å². The highest BCUT2D eigenvalue weighted by molar-refractivity contribution is 6.32. The molecule has 0 unspecified atom stereocenters. The van der Waals surface area contributed by atoms with Crippen LogP contribution in [0, 0.1) is 11.6 Å². The van der Waals surface area contributed by atoms with Crippen molar-refractivity contribution in [1.82, 2.24) is 9.97 Å². The molecule has 1 amide bonds. The molecule has 0 spiro atoms. The van der Waals surface area contributed by atoms with E-state index in [0.29, 0.717) is 6.07 Å². The van der Waals surface area contributed by atoms with Crippen molar-refractivity contribution in [2.75, 3.05) is 5.32 Å². The first-order chi connectivity index (χ1) is 8.58. The van der Waals surface area contributed by atoms with E-state index >= 15 is 0 Å². The Morgan fingerprint density at radius 3 is 2.61 bits per heavy atom. The van der Waals surface area contributed by atoms with Gasteiger partial charge < -0.3 is 5.32 Å². The number of carbonyl (C=O) groups excluding carboxylic acids is 1. The molecule has 92 valence electrons. The minimum absolute atomic E-state index is 0.0995. The second kappa shape index (κ2) is 5.05. The van der Waals surface area contributed by atoms with Gasteiger partial charge in [0.1, 0.15) is 11.6 Å². The highest BCUT2D eigenvalue weighted by atomic mass is 35.5. The van der Waals surface area contributed by atoms with Gasteiger partial charge in [-0.05, 0) is 12.1 Å². The summed E-state index contributed by atoms with van der Waals surface area (Å²) in [4.78, 5) is 19.1. The molecule has 2 rings (SSSR count). The zero-order chi connectivity index (χ0) is 13.1. The van der Waals surface area contributed by atoms with Crippen LogP contribution in [0.25, 0.3) is 0 Å². The first-order valence-corrected chi connectivity index (χ1v) is 5.18. The van der Waals surface area contributed by atoms with Gasteiger partial charge >= 0.3 is 0 Å². The Hall–Kier alpha value is -2.08. The predicted octanol–water partition coefficient (Wildman–Crippen LogP) is 2.66. The minimum Gasteiger partial charge on any atom is -0.318 e. The van der Waals surface area contributed by atoms with Crippen molar-refractivity contribution in [2.24, 2.45) is 0 Å². The fraction of sp³-hybridized carbons (Fsp3) is 0. The molecule has 0 saturated heterocycles. The second-order valence-electron chi connectivity index (χ2n) is 3.27.